The lowest BCUT2D eigenvalue weighted by molar-refractivity contribution is 0.119. The van der Waals surface area contributed by atoms with E-state index in [1.807, 2.05) is 24.1 Å². The molecule has 1 aromatic rings. The van der Waals surface area contributed by atoms with E-state index < -0.39 is 0 Å². The normalized spacial score (nSPS) is 21.0. The van der Waals surface area contributed by atoms with E-state index in [9.17, 15) is 0 Å². The molecule has 0 saturated carbocycles. The molecular weight excluding hydrogens is 190 g/mol. The van der Waals surface area contributed by atoms with Gasteiger partial charge in [0, 0.05) is 19.3 Å². The molecule has 1 aliphatic heterocycles. The smallest absolute Gasteiger partial charge is 0.0619 e. The number of nitrogens with one attached hydrogen (secondary N) is 1. The van der Waals surface area contributed by atoms with Gasteiger partial charge in [-0.15, -0.1) is 0 Å². The van der Waals surface area contributed by atoms with Crippen LogP contribution in [0.4, 0.5) is 0 Å². The van der Waals surface area contributed by atoms with Crippen LogP contribution in [-0.4, -0.2) is 35.6 Å². The zero-order valence-electron chi connectivity index (χ0n) is 9.28. The standard InChI is InChI=1S/C11H19N3O/c1-14-8-10(7-13-14)4-6-15-9-11-3-2-5-12-11/h7-8,11-12H,2-6,9H2,1H3. The van der Waals surface area contributed by atoms with Crippen LogP contribution in [0.5, 0.6) is 0 Å². The first kappa shape index (κ1) is 10.6. The molecule has 4 nitrogen and oxygen atoms in total. The topological polar surface area (TPSA) is 39.1 Å². The quantitative estimate of drug-likeness (QED) is 0.727. The average molecular weight is 209 g/mol. The Morgan fingerprint density at radius 3 is 3.27 bits per heavy atom. The van der Waals surface area contributed by atoms with Gasteiger partial charge in [0.2, 0.25) is 0 Å². The lowest BCUT2D eigenvalue weighted by Crippen LogP contribution is -2.27. The largest absolute Gasteiger partial charge is 0.379 e. The minimum absolute atomic E-state index is 0.582. The lowest BCUT2D eigenvalue weighted by Gasteiger charge is -2.09. The summed E-state index contributed by atoms with van der Waals surface area (Å²) in [6, 6.07) is 0.582. The molecule has 1 saturated heterocycles. The van der Waals surface area contributed by atoms with Crippen LogP contribution in [0.15, 0.2) is 12.4 Å². The summed E-state index contributed by atoms with van der Waals surface area (Å²) in [6.45, 7) is 2.79. The highest BCUT2D eigenvalue weighted by Gasteiger charge is 2.13. The molecular formula is C11H19N3O. The third kappa shape index (κ3) is 3.32. The van der Waals surface area contributed by atoms with E-state index in [1.165, 1.54) is 18.4 Å². The fourth-order valence-electron chi connectivity index (χ4n) is 1.92. The highest BCUT2D eigenvalue weighted by molar-refractivity contribution is 5.03. The van der Waals surface area contributed by atoms with Crippen LogP contribution in [0.25, 0.3) is 0 Å². The van der Waals surface area contributed by atoms with Crippen LogP contribution in [0.1, 0.15) is 18.4 Å². The fourth-order valence-corrected chi connectivity index (χ4v) is 1.92. The molecule has 0 bridgehead atoms. The molecule has 1 fully saturated rings. The number of nitrogens with zero attached hydrogens (tertiary/aromatic N) is 2. The second kappa shape index (κ2) is 5.28. The zero-order chi connectivity index (χ0) is 10.5. The van der Waals surface area contributed by atoms with Crippen molar-refractivity contribution in [1.82, 2.24) is 15.1 Å². The van der Waals surface area contributed by atoms with E-state index in [-0.39, 0.29) is 0 Å². The first-order valence-corrected chi connectivity index (χ1v) is 5.63. The molecule has 0 amide bonds. The Balaban J connectivity index is 1.58. The van der Waals surface area contributed by atoms with Crippen molar-refractivity contribution >= 4 is 0 Å². The van der Waals surface area contributed by atoms with Crippen molar-refractivity contribution in [3.8, 4) is 0 Å². The van der Waals surface area contributed by atoms with Crippen molar-refractivity contribution in [2.45, 2.75) is 25.3 Å². The minimum Gasteiger partial charge on any atom is -0.379 e. The monoisotopic (exact) mass is 209 g/mol. The Morgan fingerprint density at radius 1 is 1.67 bits per heavy atom. The van der Waals surface area contributed by atoms with Gasteiger partial charge in [-0.3, -0.25) is 4.68 Å². The number of hydrogen-bond donors (Lipinski definition) is 1. The third-order valence-electron chi connectivity index (χ3n) is 2.77. The number of hydrogen-bond acceptors (Lipinski definition) is 3. The average Bonchev–Trinajstić information content (AvgIpc) is 2.84. The molecule has 1 aliphatic rings. The van der Waals surface area contributed by atoms with E-state index in [4.69, 9.17) is 4.74 Å². The van der Waals surface area contributed by atoms with Crippen molar-refractivity contribution in [1.29, 1.82) is 0 Å². The maximum Gasteiger partial charge on any atom is 0.0619 e. The van der Waals surface area contributed by atoms with Crippen molar-refractivity contribution in [3.63, 3.8) is 0 Å². The summed E-state index contributed by atoms with van der Waals surface area (Å²) in [6.07, 6.45) is 7.44. The van der Waals surface area contributed by atoms with Crippen LogP contribution in [0, 0.1) is 0 Å². The maximum absolute atomic E-state index is 5.63. The molecule has 2 heterocycles. The SMILES string of the molecule is Cn1cc(CCOCC2CCCN2)cn1. The van der Waals surface area contributed by atoms with Crippen LogP contribution in [0.3, 0.4) is 0 Å². The highest BCUT2D eigenvalue weighted by atomic mass is 16.5. The Kier molecular flexibility index (Phi) is 3.75. The van der Waals surface area contributed by atoms with Gasteiger partial charge in [0.25, 0.3) is 0 Å². The van der Waals surface area contributed by atoms with Crippen molar-refractivity contribution < 1.29 is 4.74 Å². The van der Waals surface area contributed by atoms with E-state index >= 15 is 0 Å². The first-order chi connectivity index (χ1) is 7.34. The third-order valence-corrected chi connectivity index (χ3v) is 2.77. The second-order valence-corrected chi connectivity index (χ2v) is 4.14. The Morgan fingerprint density at radius 2 is 2.60 bits per heavy atom. The predicted molar refractivity (Wildman–Crippen MR) is 58.8 cm³/mol. The summed E-state index contributed by atoms with van der Waals surface area (Å²) in [7, 11) is 1.94. The summed E-state index contributed by atoms with van der Waals surface area (Å²) >= 11 is 0. The van der Waals surface area contributed by atoms with Gasteiger partial charge < -0.3 is 10.1 Å². The van der Waals surface area contributed by atoms with Gasteiger partial charge in [0.05, 0.1) is 19.4 Å². The van der Waals surface area contributed by atoms with Gasteiger partial charge in [-0.05, 0) is 31.4 Å². The fraction of sp³-hybridized carbons (Fsp3) is 0.727. The van der Waals surface area contributed by atoms with Crippen molar-refractivity contribution in [3.05, 3.63) is 18.0 Å². The molecule has 84 valence electrons. The zero-order valence-corrected chi connectivity index (χ0v) is 9.28. The van der Waals surface area contributed by atoms with Crippen LogP contribution in [0.2, 0.25) is 0 Å². The summed E-state index contributed by atoms with van der Waals surface area (Å²) in [5, 5.41) is 7.54. The Hall–Kier alpha value is -0.870. The Labute approximate surface area is 90.6 Å². The lowest BCUT2D eigenvalue weighted by atomic mass is 10.2. The summed E-state index contributed by atoms with van der Waals surface area (Å²) < 4.78 is 7.46. The highest BCUT2D eigenvalue weighted by Crippen LogP contribution is 2.05. The number of aryl methyl sites for hydroxylation is 1. The summed E-state index contributed by atoms with van der Waals surface area (Å²) in [5.41, 5.74) is 1.25. The van der Waals surface area contributed by atoms with Gasteiger partial charge in [0.15, 0.2) is 0 Å². The van der Waals surface area contributed by atoms with E-state index in [2.05, 4.69) is 10.4 Å². The Bertz CT molecular complexity index is 292. The predicted octanol–water partition coefficient (Wildman–Crippen LogP) is 0.731. The number of rotatable bonds is 5. The van der Waals surface area contributed by atoms with E-state index in [0.29, 0.717) is 6.04 Å². The van der Waals surface area contributed by atoms with Gasteiger partial charge in [-0.2, -0.15) is 5.10 Å². The van der Waals surface area contributed by atoms with E-state index in [1.54, 1.807) is 0 Å². The van der Waals surface area contributed by atoms with Crippen LogP contribution >= 0.6 is 0 Å². The first-order valence-electron chi connectivity index (χ1n) is 5.63. The van der Waals surface area contributed by atoms with Gasteiger partial charge in [-0.25, -0.2) is 0 Å². The number of ether oxygens (including phenoxy) is 1. The molecule has 1 unspecified atom stereocenters. The molecule has 0 radical (unpaired) electrons. The molecule has 1 aromatic heterocycles. The summed E-state index contributed by atoms with van der Waals surface area (Å²) in [5.74, 6) is 0. The van der Waals surface area contributed by atoms with Crippen molar-refractivity contribution in [2.75, 3.05) is 19.8 Å². The molecule has 0 aromatic carbocycles. The molecule has 1 atom stereocenters. The molecule has 2 rings (SSSR count). The van der Waals surface area contributed by atoms with Crippen LogP contribution in [-0.2, 0) is 18.2 Å². The molecule has 0 spiro atoms. The minimum atomic E-state index is 0.582. The maximum atomic E-state index is 5.63. The summed E-state index contributed by atoms with van der Waals surface area (Å²) in [4.78, 5) is 0. The van der Waals surface area contributed by atoms with Gasteiger partial charge in [-0.1, -0.05) is 0 Å². The molecule has 1 N–H and O–H groups in total. The molecule has 0 aliphatic carbocycles. The van der Waals surface area contributed by atoms with Gasteiger partial charge in [0.1, 0.15) is 0 Å². The van der Waals surface area contributed by atoms with Crippen molar-refractivity contribution in [2.24, 2.45) is 7.05 Å². The van der Waals surface area contributed by atoms with Crippen LogP contribution < -0.4 is 5.32 Å². The molecule has 15 heavy (non-hydrogen) atoms. The number of aromatic nitrogens is 2. The van der Waals surface area contributed by atoms with E-state index in [0.717, 1.165) is 26.2 Å². The second-order valence-electron chi connectivity index (χ2n) is 4.14. The van der Waals surface area contributed by atoms with Gasteiger partial charge >= 0.3 is 0 Å². The molecule has 4 heteroatoms.